The first-order valence-corrected chi connectivity index (χ1v) is 6.98. The predicted octanol–water partition coefficient (Wildman–Crippen LogP) is 0.653. The van der Waals surface area contributed by atoms with Gasteiger partial charge in [-0.05, 0) is 30.7 Å². The smallest absolute Gasteiger partial charge is 0.262 e. The molecule has 6 nitrogen and oxygen atoms in total. The minimum atomic E-state index is -3.64. The molecule has 1 heterocycles. The van der Waals surface area contributed by atoms with Crippen LogP contribution in [0.1, 0.15) is 12.8 Å². The summed E-state index contributed by atoms with van der Waals surface area (Å²) in [6.07, 6.45) is 1.38. The number of hydrogen-bond acceptors (Lipinski definition) is 4. The van der Waals surface area contributed by atoms with Crippen molar-refractivity contribution in [1.82, 2.24) is 4.89 Å². The molecule has 1 N–H and O–H groups in total. The van der Waals surface area contributed by atoms with Crippen molar-refractivity contribution in [3.8, 4) is 0 Å². The number of rotatable bonds is 4. The number of nitrogens with zero attached hydrogens (tertiary/aromatic N) is 1. The molecular weight excluding hydrogens is 256 g/mol. The van der Waals surface area contributed by atoms with Gasteiger partial charge in [0.2, 0.25) is 5.91 Å². The van der Waals surface area contributed by atoms with E-state index in [1.807, 2.05) is 4.89 Å². The molecule has 0 atom stereocenters. The second-order valence-electron chi connectivity index (χ2n) is 3.93. The molecule has 1 aliphatic heterocycles. The van der Waals surface area contributed by atoms with Gasteiger partial charge < -0.3 is 4.90 Å². The highest BCUT2D eigenvalue weighted by Crippen LogP contribution is 2.22. The molecule has 1 aromatic carbocycles. The molecule has 1 fully saturated rings. The van der Waals surface area contributed by atoms with Crippen LogP contribution in [-0.4, -0.2) is 28.0 Å². The van der Waals surface area contributed by atoms with E-state index in [4.69, 9.17) is 0 Å². The van der Waals surface area contributed by atoms with Crippen LogP contribution in [0.15, 0.2) is 29.2 Å². The lowest BCUT2D eigenvalue weighted by Gasteiger charge is -2.15. The van der Waals surface area contributed by atoms with Crippen LogP contribution in [0, 0.1) is 0 Å². The Balaban J connectivity index is 2.23. The van der Waals surface area contributed by atoms with Crippen molar-refractivity contribution in [2.45, 2.75) is 17.7 Å². The fourth-order valence-corrected chi connectivity index (χ4v) is 2.69. The molecular formula is C11H14N2O4S. The zero-order valence-electron chi connectivity index (χ0n) is 9.92. The number of anilines is 1. The van der Waals surface area contributed by atoms with Gasteiger partial charge in [-0.3, -0.25) is 9.63 Å². The highest BCUT2D eigenvalue weighted by Gasteiger charge is 2.22. The Labute approximate surface area is 106 Å². The molecule has 0 aliphatic carbocycles. The first-order valence-electron chi connectivity index (χ1n) is 5.50. The number of nitrogens with one attached hydrogen (secondary N) is 1. The summed E-state index contributed by atoms with van der Waals surface area (Å²) >= 11 is 0. The highest BCUT2D eigenvalue weighted by atomic mass is 32.2. The molecule has 2 rings (SSSR count). The minimum Gasteiger partial charge on any atom is -0.312 e. The van der Waals surface area contributed by atoms with Crippen LogP contribution in [0.5, 0.6) is 0 Å². The summed E-state index contributed by atoms with van der Waals surface area (Å²) < 4.78 is 23.2. The van der Waals surface area contributed by atoms with Crippen molar-refractivity contribution in [3.05, 3.63) is 24.3 Å². The van der Waals surface area contributed by atoms with Crippen LogP contribution < -0.4 is 9.79 Å². The maximum absolute atomic E-state index is 11.6. The van der Waals surface area contributed by atoms with Crippen molar-refractivity contribution in [2.75, 3.05) is 18.6 Å². The topological polar surface area (TPSA) is 75.7 Å². The van der Waals surface area contributed by atoms with Gasteiger partial charge in [-0.15, -0.1) is 0 Å². The standard InChI is InChI=1S/C11H14N2O4S/c1-17-12-18(15,16)10-6-4-9(5-7-10)13-8-2-3-11(13)14/h4-7,12H,2-3,8H2,1H3. The summed E-state index contributed by atoms with van der Waals surface area (Å²) in [5.41, 5.74) is 0.717. The van der Waals surface area contributed by atoms with Crippen LogP contribution in [-0.2, 0) is 19.7 Å². The van der Waals surface area contributed by atoms with Gasteiger partial charge in [0.05, 0.1) is 12.0 Å². The van der Waals surface area contributed by atoms with Crippen molar-refractivity contribution in [2.24, 2.45) is 0 Å². The molecule has 0 saturated carbocycles. The van der Waals surface area contributed by atoms with E-state index in [2.05, 4.69) is 4.84 Å². The number of carbonyl (C=O) groups is 1. The van der Waals surface area contributed by atoms with Gasteiger partial charge >= 0.3 is 0 Å². The number of carbonyl (C=O) groups excluding carboxylic acids is 1. The van der Waals surface area contributed by atoms with Gasteiger partial charge in [-0.2, -0.15) is 0 Å². The van der Waals surface area contributed by atoms with Gasteiger partial charge in [0, 0.05) is 18.7 Å². The van der Waals surface area contributed by atoms with E-state index in [9.17, 15) is 13.2 Å². The van der Waals surface area contributed by atoms with E-state index >= 15 is 0 Å². The van der Waals surface area contributed by atoms with Gasteiger partial charge in [0.15, 0.2) is 0 Å². The van der Waals surface area contributed by atoms with Gasteiger partial charge in [0.1, 0.15) is 0 Å². The third-order valence-electron chi connectivity index (χ3n) is 2.73. The summed E-state index contributed by atoms with van der Waals surface area (Å²) in [6.45, 7) is 0.682. The number of benzene rings is 1. The molecule has 1 aromatic rings. The Kier molecular flexibility index (Phi) is 3.65. The van der Waals surface area contributed by atoms with Crippen LogP contribution in [0.2, 0.25) is 0 Å². The second kappa shape index (κ2) is 5.05. The van der Waals surface area contributed by atoms with Gasteiger partial charge in [-0.1, -0.05) is 4.89 Å². The molecule has 1 saturated heterocycles. The summed E-state index contributed by atoms with van der Waals surface area (Å²) in [6, 6.07) is 6.13. The Morgan fingerprint density at radius 2 is 1.94 bits per heavy atom. The van der Waals surface area contributed by atoms with Crippen molar-refractivity contribution in [3.63, 3.8) is 0 Å². The van der Waals surface area contributed by atoms with Crippen LogP contribution in [0.3, 0.4) is 0 Å². The van der Waals surface area contributed by atoms with Crippen LogP contribution in [0.25, 0.3) is 0 Å². The van der Waals surface area contributed by atoms with E-state index < -0.39 is 10.0 Å². The van der Waals surface area contributed by atoms with Gasteiger partial charge in [-0.25, -0.2) is 8.42 Å². The Bertz CT molecular complexity index is 539. The average molecular weight is 270 g/mol. The van der Waals surface area contributed by atoms with E-state index in [0.29, 0.717) is 18.7 Å². The Hall–Kier alpha value is -1.44. The zero-order valence-corrected chi connectivity index (χ0v) is 10.7. The highest BCUT2D eigenvalue weighted by molar-refractivity contribution is 7.89. The van der Waals surface area contributed by atoms with Crippen molar-refractivity contribution < 1.29 is 18.0 Å². The van der Waals surface area contributed by atoms with E-state index in [0.717, 1.165) is 6.42 Å². The summed E-state index contributed by atoms with van der Waals surface area (Å²) in [5.74, 6) is 0.0700. The fourth-order valence-electron chi connectivity index (χ4n) is 1.88. The largest absolute Gasteiger partial charge is 0.312 e. The Morgan fingerprint density at radius 3 is 2.44 bits per heavy atom. The predicted molar refractivity (Wildman–Crippen MR) is 65.4 cm³/mol. The van der Waals surface area contributed by atoms with Gasteiger partial charge in [0.25, 0.3) is 10.0 Å². The molecule has 1 aliphatic rings. The molecule has 0 radical (unpaired) electrons. The first-order chi connectivity index (χ1) is 8.54. The van der Waals surface area contributed by atoms with E-state index in [1.165, 1.54) is 19.2 Å². The molecule has 0 aromatic heterocycles. The quantitative estimate of drug-likeness (QED) is 0.815. The lowest BCUT2D eigenvalue weighted by atomic mass is 10.3. The number of amides is 1. The summed E-state index contributed by atoms with van der Waals surface area (Å²) in [4.78, 5) is 19.6. The maximum Gasteiger partial charge on any atom is 0.262 e. The average Bonchev–Trinajstić information content (AvgIpc) is 2.76. The minimum absolute atomic E-state index is 0.0700. The lowest BCUT2D eigenvalue weighted by Crippen LogP contribution is -2.24. The molecule has 7 heteroatoms. The number of sulfonamides is 1. The lowest BCUT2D eigenvalue weighted by molar-refractivity contribution is -0.117. The molecule has 0 bridgehead atoms. The number of hydrogen-bond donors (Lipinski definition) is 1. The molecule has 18 heavy (non-hydrogen) atoms. The molecule has 1 amide bonds. The third-order valence-corrected chi connectivity index (χ3v) is 4.00. The van der Waals surface area contributed by atoms with Crippen molar-refractivity contribution >= 4 is 21.6 Å². The Morgan fingerprint density at radius 1 is 1.28 bits per heavy atom. The normalized spacial score (nSPS) is 16.3. The van der Waals surface area contributed by atoms with Crippen molar-refractivity contribution in [1.29, 1.82) is 0 Å². The monoisotopic (exact) mass is 270 g/mol. The fraction of sp³-hybridized carbons (Fsp3) is 0.364. The van der Waals surface area contributed by atoms with E-state index in [-0.39, 0.29) is 10.8 Å². The molecule has 0 spiro atoms. The maximum atomic E-state index is 11.6. The third kappa shape index (κ3) is 2.53. The van der Waals surface area contributed by atoms with Crippen LogP contribution >= 0.6 is 0 Å². The second-order valence-corrected chi connectivity index (χ2v) is 5.58. The summed E-state index contributed by atoms with van der Waals surface area (Å²) in [7, 11) is -2.41. The SMILES string of the molecule is CONS(=O)(=O)c1ccc(N2CCCC2=O)cc1. The zero-order chi connectivity index (χ0) is 13.2. The molecule has 0 unspecified atom stereocenters. The van der Waals surface area contributed by atoms with Crippen LogP contribution in [0.4, 0.5) is 5.69 Å². The van der Waals surface area contributed by atoms with E-state index in [1.54, 1.807) is 17.0 Å². The summed E-state index contributed by atoms with van der Waals surface area (Å²) in [5, 5.41) is 0. The first kappa shape index (κ1) is 13.0. The molecule has 98 valence electrons.